The van der Waals surface area contributed by atoms with Crippen LogP contribution in [-0.2, 0) is 16.0 Å². The first kappa shape index (κ1) is 14.1. The fourth-order valence-electron chi connectivity index (χ4n) is 2.15. The fraction of sp³-hybridized carbons (Fsp3) is 0.143. The minimum Gasteiger partial charge on any atom is -0.325 e. The van der Waals surface area contributed by atoms with Gasteiger partial charge in [-0.05, 0) is 29.1 Å². The van der Waals surface area contributed by atoms with Crippen LogP contribution in [0.1, 0.15) is 16.5 Å². The quantitative estimate of drug-likeness (QED) is 0.812. The molecule has 3 rings (SSSR count). The number of carbonyl (C=O) groups excluding carboxylic acids is 2. The molecule has 1 aliphatic rings. The molecule has 7 heteroatoms. The van der Waals surface area contributed by atoms with Gasteiger partial charge < -0.3 is 16.4 Å². The SMILES string of the molecule is NC(C(=O)Nc1cc2c(cc1Cl)NC(=O)C2)c1cccs1. The first-order valence-corrected chi connectivity index (χ1v) is 7.52. The number of hydrogen-bond donors (Lipinski definition) is 3. The van der Waals surface area contributed by atoms with Gasteiger partial charge in [0.2, 0.25) is 11.8 Å². The van der Waals surface area contributed by atoms with Crippen LogP contribution >= 0.6 is 22.9 Å². The molecular weight excluding hydrogens is 310 g/mol. The highest BCUT2D eigenvalue weighted by Gasteiger charge is 2.22. The Morgan fingerprint density at radius 1 is 1.48 bits per heavy atom. The Labute approximate surface area is 130 Å². The summed E-state index contributed by atoms with van der Waals surface area (Å²) in [6, 6.07) is 6.24. The van der Waals surface area contributed by atoms with Crippen LogP contribution in [0.15, 0.2) is 29.6 Å². The molecule has 0 bridgehead atoms. The third kappa shape index (κ3) is 2.78. The highest BCUT2D eigenvalue weighted by Crippen LogP contribution is 2.33. The second kappa shape index (κ2) is 5.48. The Hall–Kier alpha value is -1.89. The summed E-state index contributed by atoms with van der Waals surface area (Å²) >= 11 is 7.55. The minimum atomic E-state index is -0.742. The molecule has 108 valence electrons. The Morgan fingerprint density at radius 3 is 3.00 bits per heavy atom. The first-order valence-electron chi connectivity index (χ1n) is 6.26. The molecule has 0 spiro atoms. The van der Waals surface area contributed by atoms with Crippen molar-refractivity contribution in [2.24, 2.45) is 5.73 Å². The van der Waals surface area contributed by atoms with E-state index in [4.69, 9.17) is 17.3 Å². The topological polar surface area (TPSA) is 84.2 Å². The summed E-state index contributed by atoms with van der Waals surface area (Å²) in [6.07, 6.45) is 0.284. The van der Waals surface area contributed by atoms with E-state index in [0.29, 0.717) is 16.4 Å². The molecule has 0 radical (unpaired) electrons. The van der Waals surface area contributed by atoms with E-state index in [2.05, 4.69) is 10.6 Å². The predicted octanol–water partition coefficient (Wildman–Crippen LogP) is 2.53. The Bertz CT molecular complexity index is 715. The highest BCUT2D eigenvalue weighted by atomic mass is 35.5. The highest BCUT2D eigenvalue weighted by molar-refractivity contribution is 7.10. The summed E-state index contributed by atoms with van der Waals surface area (Å²) in [5.74, 6) is -0.420. The molecule has 0 aliphatic carbocycles. The zero-order valence-corrected chi connectivity index (χ0v) is 12.4. The van der Waals surface area contributed by atoms with E-state index in [-0.39, 0.29) is 18.2 Å². The molecule has 0 saturated heterocycles. The number of thiophene rings is 1. The smallest absolute Gasteiger partial charge is 0.246 e. The maximum atomic E-state index is 12.2. The van der Waals surface area contributed by atoms with Gasteiger partial charge in [0.25, 0.3) is 0 Å². The van der Waals surface area contributed by atoms with Gasteiger partial charge in [-0.15, -0.1) is 11.3 Å². The second-order valence-corrected chi connectivity index (χ2v) is 6.08. The molecule has 1 aromatic carbocycles. The summed E-state index contributed by atoms with van der Waals surface area (Å²) in [4.78, 5) is 24.3. The number of amides is 2. The van der Waals surface area contributed by atoms with Crippen LogP contribution in [0.3, 0.4) is 0 Å². The summed E-state index contributed by atoms with van der Waals surface area (Å²) in [6.45, 7) is 0. The van der Waals surface area contributed by atoms with Crippen LogP contribution in [0.4, 0.5) is 11.4 Å². The number of halogens is 1. The van der Waals surface area contributed by atoms with Crippen LogP contribution in [-0.4, -0.2) is 11.8 Å². The number of hydrogen-bond acceptors (Lipinski definition) is 4. The molecule has 2 aromatic rings. The Kier molecular flexibility index (Phi) is 3.67. The van der Waals surface area contributed by atoms with Crippen LogP contribution in [0.5, 0.6) is 0 Å². The van der Waals surface area contributed by atoms with Crippen molar-refractivity contribution in [2.75, 3.05) is 10.6 Å². The van der Waals surface area contributed by atoms with Crippen LogP contribution in [0, 0.1) is 0 Å². The predicted molar refractivity (Wildman–Crippen MR) is 83.7 cm³/mol. The molecule has 1 atom stereocenters. The number of benzene rings is 1. The summed E-state index contributed by atoms with van der Waals surface area (Å²) in [5, 5.41) is 7.65. The normalized spacial score (nSPS) is 14.5. The van der Waals surface area contributed by atoms with Gasteiger partial charge in [-0.2, -0.15) is 0 Å². The van der Waals surface area contributed by atoms with Crippen molar-refractivity contribution in [1.29, 1.82) is 0 Å². The number of carbonyl (C=O) groups is 2. The molecule has 1 aromatic heterocycles. The van der Waals surface area contributed by atoms with E-state index in [1.807, 2.05) is 17.5 Å². The average molecular weight is 322 g/mol. The van der Waals surface area contributed by atoms with Crippen molar-refractivity contribution in [1.82, 2.24) is 0 Å². The molecular formula is C14H12ClN3O2S. The summed E-state index contributed by atoms with van der Waals surface area (Å²) < 4.78 is 0. The van der Waals surface area contributed by atoms with Crippen molar-refractivity contribution in [3.8, 4) is 0 Å². The van der Waals surface area contributed by atoms with Crippen molar-refractivity contribution in [3.63, 3.8) is 0 Å². The lowest BCUT2D eigenvalue weighted by Gasteiger charge is -2.13. The van der Waals surface area contributed by atoms with Crippen LogP contribution < -0.4 is 16.4 Å². The molecule has 5 nitrogen and oxygen atoms in total. The molecule has 1 unspecified atom stereocenters. The van der Waals surface area contributed by atoms with Gasteiger partial charge in [-0.1, -0.05) is 17.7 Å². The van der Waals surface area contributed by atoms with Gasteiger partial charge in [-0.25, -0.2) is 0 Å². The number of nitrogens with two attached hydrogens (primary N) is 1. The molecule has 0 fully saturated rings. The number of nitrogens with one attached hydrogen (secondary N) is 2. The van der Waals surface area contributed by atoms with E-state index in [1.54, 1.807) is 12.1 Å². The van der Waals surface area contributed by atoms with Crippen LogP contribution in [0.2, 0.25) is 5.02 Å². The zero-order valence-electron chi connectivity index (χ0n) is 10.9. The van der Waals surface area contributed by atoms with E-state index in [0.717, 1.165) is 10.4 Å². The average Bonchev–Trinajstić information content (AvgIpc) is 3.06. The van der Waals surface area contributed by atoms with Crippen molar-refractivity contribution in [3.05, 3.63) is 45.1 Å². The van der Waals surface area contributed by atoms with Gasteiger partial charge in [0, 0.05) is 10.6 Å². The van der Waals surface area contributed by atoms with Gasteiger partial charge in [0.05, 0.1) is 17.1 Å². The van der Waals surface area contributed by atoms with Gasteiger partial charge in [0.15, 0.2) is 0 Å². The number of anilines is 2. The molecule has 0 saturated carbocycles. The second-order valence-electron chi connectivity index (χ2n) is 4.70. The molecule has 4 N–H and O–H groups in total. The Morgan fingerprint density at radius 2 is 2.29 bits per heavy atom. The lowest BCUT2D eigenvalue weighted by molar-refractivity contribution is -0.117. The van der Waals surface area contributed by atoms with Gasteiger partial charge >= 0.3 is 0 Å². The molecule has 2 amide bonds. The number of rotatable bonds is 3. The maximum Gasteiger partial charge on any atom is 0.246 e. The van der Waals surface area contributed by atoms with Crippen LogP contribution in [0.25, 0.3) is 0 Å². The largest absolute Gasteiger partial charge is 0.325 e. The van der Waals surface area contributed by atoms with E-state index in [9.17, 15) is 9.59 Å². The number of fused-ring (bicyclic) bond motifs is 1. The molecule has 2 heterocycles. The maximum absolute atomic E-state index is 12.2. The standard InChI is InChI=1S/C14H12ClN3O2S/c15-8-6-9-7(5-12(19)17-9)4-10(8)18-14(20)13(16)11-2-1-3-21-11/h1-4,6,13H,5,16H2,(H,17,19)(H,18,20). The lowest BCUT2D eigenvalue weighted by Crippen LogP contribution is -2.27. The molecule has 1 aliphatic heterocycles. The Balaban J connectivity index is 1.81. The zero-order chi connectivity index (χ0) is 15.0. The van der Waals surface area contributed by atoms with Crippen molar-refractivity contribution in [2.45, 2.75) is 12.5 Å². The van der Waals surface area contributed by atoms with E-state index < -0.39 is 6.04 Å². The van der Waals surface area contributed by atoms with E-state index >= 15 is 0 Å². The van der Waals surface area contributed by atoms with Crippen molar-refractivity contribution < 1.29 is 9.59 Å². The molecule has 21 heavy (non-hydrogen) atoms. The summed E-state index contributed by atoms with van der Waals surface area (Å²) in [5.41, 5.74) is 7.86. The minimum absolute atomic E-state index is 0.0835. The van der Waals surface area contributed by atoms with E-state index in [1.165, 1.54) is 11.3 Å². The first-order chi connectivity index (χ1) is 10.0. The summed E-state index contributed by atoms with van der Waals surface area (Å²) in [7, 11) is 0. The fourth-order valence-corrected chi connectivity index (χ4v) is 3.09. The lowest BCUT2D eigenvalue weighted by atomic mass is 10.1. The van der Waals surface area contributed by atoms with Crippen molar-refractivity contribution >= 4 is 46.1 Å². The van der Waals surface area contributed by atoms with Gasteiger partial charge in [0.1, 0.15) is 6.04 Å². The third-order valence-corrected chi connectivity index (χ3v) is 4.48. The monoisotopic (exact) mass is 321 g/mol. The van der Waals surface area contributed by atoms with Gasteiger partial charge in [-0.3, -0.25) is 9.59 Å². The third-order valence-electron chi connectivity index (χ3n) is 3.21.